The molecule has 0 aliphatic heterocycles. The number of aliphatic carboxylic acids is 1. The number of hydrogen-bond donors (Lipinski definition) is 2. The third kappa shape index (κ3) is 5.73. The number of carbonyl (C=O) groups is 3. The van der Waals surface area contributed by atoms with Crippen LogP contribution in [0.1, 0.15) is 49.1 Å². The number of carboxylic acids is 1. The highest BCUT2D eigenvalue weighted by molar-refractivity contribution is 5.82. The van der Waals surface area contributed by atoms with E-state index in [1.807, 2.05) is 24.3 Å². The molecule has 0 saturated heterocycles. The van der Waals surface area contributed by atoms with E-state index in [-0.39, 0.29) is 37.3 Å². The first-order chi connectivity index (χ1) is 17.0. The molecule has 2 amide bonds. The van der Waals surface area contributed by atoms with Crippen molar-refractivity contribution in [1.82, 2.24) is 10.2 Å². The molecule has 1 atom stereocenters. The predicted octanol–water partition coefficient (Wildman–Crippen LogP) is 4.57. The Morgan fingerprint density at radius 2 is 1.66 bits per heavy atom. The van der Waals surface area contributed by atoms with E-state index in [1.54, 1.807) is 0 Å². The molecule has 7 heteroatoms. The van der Waals surface area contributed by atoms with Gasteiger partial charge in [0.15, 0.2) is 0 Å². The second-order valence-corrected chi connectivity index (χ2v) is 9.28. The van der Waals surface area contributed by atoms with Crippen LogP contribution in [0.2, 0.25) is 0 Å². The van der Waals surface area contributed by atoms with E-state index >= 15 is 0 Å². The standard InChI is InChI=1S/C28H32N2O5/c1-2-15-30(17-27(32)33)26(31)16-25(19-9-3-4-10-19)29-28(34)35-18-24-22-13-7-5-11-20(22)21-12-6-8-14-23(21)24/h2,5-8,11-14,19,24-25H,1,3-4,9-10,15-18H2,(H,29,34)(H,32,33). The molecule has 0 bridgehead atoms. The summed E-state index contributed by atoms with van der Waals surface area (Å²) in [6.07, 6.45) is 4.93. The molecule has 7 nitrogen and oxygen atoms in total. The molecule has 2 aliphatic rings. The molecule has 2 aliphatic carbocycles. The van der Waals surface area contributed by atoms with Crippen molar-refractivity contribution in [2.75, 3.05) is 19.7 Å². The lowest BCUT2D eigenvalue weighted by molar-refractivity contribution is -0.144. The fourth-order valence-corrected chi connectivity index (χ4v) is 5.38. The quantitative estimate of drug-likeness (QED) is 0.490. The van der Waals surface area contributed by atoms with Crippen LogP contribution in [0.5, 0.6) is 0 Å². The molecule has 0 radical (unpaired) electrons. The number of hydrogen-bond acceptors (Lipinski definition) is 4. The van der Waals surface area contributed by atoms with Crippen LogP contribution in [0.15, 0.2) is 61.2 Å². The first-order valence-corrected chi connectivity index (χ1v) is 12.2. The number of fused-ring (bicyclic) bond motifs is 3. The normalized spacial score (nSPS) is 15.7. The molecular weight excluding hydrogens is 444 g/mol. The van der Waals surface area contributed by atoms with E-state index in [0.717, 1.165) is 47.9 Å². The van der Waals surface area contributed by atoms with E-state index in [9.17, 15) is 14.4 Å². The van der Waals surface area contributed by atoms with Crippen molar-refractivity contribution in [2.45, 2.75) is 44.1 Å². The Bertz CT molecular complexity index is 1050. The summed E-state index contributed by atoms with van der Waals surface area (Å²) < 4.78 is 5.70. The van der Waals surface area contributed by atoms with Crippen LogP contribution >= 0.6 is 0 Å². The van der Waals surface area contributed by atoms with Gasteiger partial charge in [-0.05, 0) is 41.0 Å². The Hall–Kier alpha value is -3.61. The zero-order valence-corrected chi connectivity index (χ0v) is 19.8. The number of alkyl carbamates (subject to hydrolysis) is 1. The lowest BCUT2D eigenvalue weighted by atomic mass is 9.95. The van der Waals surface area contributed by atoms with Gasteiger partial charge in [0.1, 0.15) is 13.2 Å². The van der Waals surface area contributed by atoms with Crippen LogP contribution in [0.3, 0.4) is 0 Å². The summed E-state index contributed by atoms with van der Waals surface area (Å²) in [5.41, 5.74) is 4.59. The SMILES string of the molecule is C=CCN(CC(=O)O)C(=O)CC(NC(=O)OCC1c2ccccc2-c2ccccc21)C1CCCC1. The maximum Gasteiger partial charge on any atom is 0.407 e. The summed E-state index contributed by atoms with van der Waals surface area (Å²) in [6.45, 7) is 3.56. The van der Waals surface area contributed by atoms with Gasteiger partial charge in [0.25, 0.3) is 0 Å². The number of nitrogens with zero attached hydrogens (tertiary/aromatic N) is 1. The van der Waals surface area contributed by atoms with Gasteiger partial charge in [-0.15, -0.1) is 6.58 Å². The lowest BCUT2D eigenvalue weighted by Crippen LogP contribution is -2.45. The van der Waals surface area contributed by atoms with Crippen LogP contribution in [0.25, 0.3) is 11.1 Å². The maximum absolute atomic E-state index is 12.9. The number of rotatable bonds is 10. The average Bonchev–Trinajstić information content (AvgIpc) is 3.49. The van der Waals surface area contributed by atoms with Crippen molar-refractivity contribution < 1.29 is 24.2 Å². The summed E-state index contributed by atoms with van der Waals surface area (Å²) in [7, 11) is 0. The Balaban J connectivity index is 1.42. The molecule has 1 saturated carbocycles. The second kappa shape index (κ2) is 11.2. The highest BCUT2D eigenvalue weighted by Gasteiger charge is 2.32. The average molecular weight is 477 g/mol. The Morgan fingerprint density at radius 3 is 2.23 bits per heavy atom. The summed E-state index contributed by atoms with van der Waals surface area (Å²) in [4.78, 5) is 38.2. The van der Waals surface area contributed by atoms with Crippen molar-refractivity contribution >= 4 is 18.0 Å². The third-order valence-corrected chi connectivity index (χ3v) is 7.04. The molecule has 0 spiro atoms. The maximum atomic E-state index is 12.9. The number of carboxylic acid groups (broad SMARTS) is 1. The van der Waals surface area contributed by atoms with E-state index in [0.29, 0.717) is 0 Å². The molecule has 0 heterocycles. The summed E-state index contributed by atoms with van der Waals surface area (Å²) in [6, 6.07) is 15.9. The predicted molar refractivity (Wildman–Crippen MR) is 133 cm³/mol. The molecule has 35 heavy (non-hydrogen) atoms. The number of nitrogens with one attached hydrogen (secondary N) is 1. The molecule has 0 aromatic heterocycles. The lowest BCUT2D eigenvalue weighted by Gasteiger charge is -2.27. The minimum atomic E-state index is -1.08. The molecule has 1 unspecified atom stereocenters. The molecule has 4 rings (SSSR count). The van der Waals surface area contributed by atoms with E-state index in [1.165, 1.54) is 11.0 Å². The van der Waals surface area contributed by atoms with Crippen molar-refractivity contribution in [3.63, 3.8) is 0 Å². The summed E-state index contributed by atoms with van der Waals surface area (Å²) >= 11 is 0. The van der Waals surface area contributed by atoms with Gasteiger partial charge in [0, 0.05) is 24.9 Å². The molecule has 2 aromatic rings. The number of carbonyl (C=O) groups excluding carboxylic acids is 2. The third-order valence-electron chi connectivity index (χ3n) is 7.04. The van der Waals surface area contributed by atoms with Gasteiger partial charge in [-0.1, -0.05) is 67.4 Å². The van der Waals surface area contributed by atoms with Gasteiger partial charge in [-0.25, -0.2) is 4.79 Å². The molecular formula is C28H32N2O5. The van der Waals surface area contributed by atoms with Gasteiger partial charge in [0.2, 0.25) is 5.91 Å². The van der Waals surface area contributed by atoms with Gasteiger partial charge >= 0.3 is 12.1 Å². The van der Waals surface area contributed by atoms with Crippen molar-refractivity contribution in [1.29, 1.82) is 0 Å². The monoisotopic (exact) mass is 476 g/mol. The minimum Gasteiger partial charge on any atom is -0.480 e. The molecule has 1 fully saturated rings. The second-order valence-electron chi connectivity index (χ2n) is 9.28. The Kier molecular flexibility index (Phi) is 7.85. The van der Waals surface area contributed by atoms with E-state index in [4.69, 9.17) is 9.84 Å². The van der Waals surface area contributed by atoms with Gasteiger partial charge < -0.3 is 20.1 Å². The fourth-order valence-electron chi connectivity index (χ4n) is 5.38. The summed E-state index contributed by atoms with van der Waals surface area (Å²) in [5.74, 6) is -1.28. The first-order valence-electron chi connectivity index (χ1n) is 12.2. The van der Waals surface area contributed by atoms with Crippen LogP contribution < -0.4 is 5.32 Å². The van der Waals surface area contributed by atoms with Gasteiger partial charge in [0.05, 0.1) is 0 Å². The summed E-state index contributed by atoms with van der Waals surface area (Å²) in [5, 5.41) is 12.1. The van der Waals surface area contributed by atoms with E-state index < -0.39 is 24.6 Å². The van der Waals surface area contributed by atoms with Crippen LogP contribution in [0, 0.1) is 5.92 Å². The molecule has 2 N–H and O–H groups in total. The molecule has 2 aromatic carbocycles. The Labute approximate surface area is 205 Å². The largest absolute Gasteiger partial charge is 0.480 e. The zero-order valence-electron chi connectivity index (χ0n) is 19.8. The zero-order chi connectivity index (χ0) is 24.8. The van der Waals surface area contributed by atoms with Crippen LogP contribution in [-0.2, 0) is 14.3 Å². The van der Waals surface area contributed by atoms with Gasteiger partial charge in [-0.2, -0.15) is 0 Å². The van der Waals surface area contributed by atoms with E-state index in [2.05, 4.69) is 36.2 Å². The van der Waals surface area contributed by atoms with Crippen LogP contribution in [0.4, 0.5) is 4.79 Å². The number of ether oxygens (including phenoxy) is 1. The molecule has 184 valence electrons. The number of amides is 2. The fraction of sp³-hybridized carbons (Fsp3) is 0.393. The minimum absolute atomic E-state index is 0.0377. The topological polar surface area (TPSA) is 95.9 Å². The van der Waals surface area contributed by atoms with Crippen molar-refractivity contribution in [3.8, 4) is 11.1 Å². The smallest absolute Gasteiger partial charge is 0.407 e. The van der Waals surface area contributed by atoms with Gasteiger partial charge in [-0.3, -0.25) is 9.59 Å². The van der Waals surface area contributed by atoms with Crippen molar-refractivity contribution in [2.24, 2.45) is 5.92 Å². The Morgan fingerprint density at radius 1 is 1.06 bits per heavy atom. The highest BCUT2D eigenvalue weighted by atomic mass is 16.5. The van der Waals surface area contributed by atoms with Crippen molar-refractivity contribution in [3.05, 3.63) is 72.3 Å². The van der Waals surface area contributed by atoms with Crippen LogP contribution in [-0.4, -0.2) is 53.7 Å². The first kappa shape index (κ1) is 24.5. The number of benzene rings is 2. The highest BCUT2D eigenvalue weighted by Crippen LogP contribution is 2.44.